The molecule has 0 aliphatic rings. The van der Waals surface area contributed by atoms with Crippen molar-refractivity contribution >= 4 is 28.1 Å². The average Bonchev–Trinajstić information content (AvgIpc) is 2.38. The molecule has 9 heteroatoms. The number of hydrogen-bond acceptors (Lipinski definition) is 8. The molecule has 1 rings (SSSR count). The SMILES string of the molecule is CC(C)(C)C(=O)/C(C#N)=N/Nc1cc(S(O)(O)O)ccc1O. The van der Waals surface area contributed by atoms with Gasteiger partial charge in [0.05, 0.1) is 10.6 Å². The number of aromatic hydroxyl groups is 1. The molecule has 0 fully saturated rings. The van der Waals surface area contributed by atoms with Gasteiger partial charge in [-0.05, 0) is 18.2 Å². The van der Waals surface area contributed by atoms with Crippen LogP contribution in [0.2, 0.25) is 0 Å². The highest BCUT2D eigenvalue weighted by Gasteiger charge is 2.26. The van der Waals surface area contributed by atoms with Crippen LogP contribution >= 0.6 is 10.9 Å². The maximum Gasteiger partial charge on any atom is 0.204 e. The van der Waals surface area contributed by atoms with Crippen LogP contribution in [-0.2, 0) is 4.79 Å². The number of hydrazone groups is 1. The van der Waals surface area contributed by atoms with E-state index in [4.69, 9.17) is 18.9 Å². The number of rotatable bonds is 4. The lowest BCUT2D eigenvalue weighted by Gasteiger charge is -2.20. The second-order valence-electron chi connectivity index (χ2n) is 5.46. The first-order valence-electron chi connectivity index (χ1n) is 6.09. The Bertz CT molecular complexity index is 653. The summed E-state index contributed by atoms with van der Waals surface area (Å²) in [6.45, 7) is 4.88. The Morgan fingerprint density at radius 2 is 1.91 bits per heavy atom. The first-order chi connectivity index (χ1) is 9.96. The number of hydrogen-bond donors (Lipinski definition) is 5. The molecule has 0 amide bonds. The molecule has 8 nitrogen and oxygen atoms in total. The number of phenolic OH excluding ortho intramolecular Hbond substituents is 1. The van der Waals surface area contributed by atoms with Gasteiger partial charge in [-0.2, -0.15) is 10.4 Å². The van der Waals surface area contributed by atoms with Gasteiger partial charge in [0.2, 0.25) is 5.71 Å². The van der Waals surface area contributed by atoms with Gasteiger partial charge >= 0.3 is 0 Å². The molecule has 0 spiro atoms. The number of carbonyl (C=O) groups is 1. The van der Waals surface area contributed by atoms with Crippen molar-refractivity contribution in [3.05, 3.63) is 18.2 Å². The fourth-order valence-electron chi connectivity index (χ4n) is 1.37. The lowest BCUT2D eigenvalue weighted by molar-refractivity contribution is -0.119. The Labute approximate surface area is 129 Å². The summed E-state index contributed by atoms with van der Waals surface area (Å²) >= 11 is 0. The van der Waals surface area contributed by atoms with Crippen molar-refractivity contribution in [1.82, 2.24) is 0 Å². The molecule has 0 saturated heterocycles. The fraction of sp³-hybridized carbons (Fsp3) is 0.308. The zero-order valence-electron chi connectivity index (χ0n) is 12.2. The molecule has 0 heterocycles. The van der Waals surface area contributed by atoms with Crippen LogP contribution in [0.4, 0.5) is 5.69 Å². The minimum Gasteiger partial charge on any atom is -0.506 e. The van der Waals surface area contributed by atoms with Gasteiger partial charge < -0.3 is 18.8 Å². The van der Waals surface area contributed by atoms with E-state index in [-0.39, 0.29) is 16.3 Å². The van der Waals surface area contributed by atoms with Crippen LogP contribution in [0.1, 0.15) is 20.8 Å². The van der Waals surface area contributed by atoms with E-state index >= 15 is 0 Å². The lowest BCUT2D eigenvalue weighted by atomic mass is 9.88. The third-order valence-corrected chi connectivity index (χ3v) is 3.46. The summed E-state index contributed by atoms with van der Waals surface area (Å²) in [5, 5.41) is 22.2. The van der Waals surface area contributed by atoms with E-state index < -0.39 is 27.8 Å². The summed E-state index contributed by atoms with van der Waals surface area (Å²) in [5.74, 6) is -0.804. The number of benzene rings is 1. The average molecular weight is 327 g/mol. The minimum absolute atomic E-state index is 0.0963. The van der Waals surface area contributed by atoms with E-state index in [1.165, 1.54) is 0 Å². The van der Waals surface area contributed by atoms with Gasteiger partial charge in [0.15, 0.2) is 5.78 Å². The molecule has 0 unspecified atom stereocenters. The standard InChI is InChI=1S/C13H17N3O5S/c1-13(2,3)12(18)10(7-14)16-15-9-6-8(22(19,20)21)4-5-11(9)17/h4-6,15,17,19-21H,1-3H3/b16-10+. The van der Waals surface area contributed by atoms with E-state index in [2.05, 4.69) is 10.5 Å². The molecule has 0 atom stereocenters. The number of ketones is 1. The molecule has 0 saturated carbocycles. The van der Waals surface area contributed by atoms with Crippen LogP contribution in [0.5, 0.6) is 5.75 Å². The Hall–Kier alpha value is -2.12. The van der Waals surface area contributed by atoms with Gasteiger partial charge in [-0.25, -0.2) is 0 Å². The van der Waals surface area contributed by atoms with Gasteiger partial charge in [0.25, 0.3) is 0 Å². The number of anilines is 1. The second-order valence-corrected chi connectivity index (χ2v) is 6.97. The van der Waals surface area contributed by atoms with Gasteiger partial charge in [0, 0.05) is 5.41 Å². The second kappa shape index (κ2) is 6.33. The molecule has 0 aromatic heterocycles. The van der Waals surface area contributed by atoms with Crippen molar-refractivity contribution in [3.8, 4) is 11.8 Å². The normalized spacial score (nSPS) is 13.4. The molecular weight excluding hydrogens is 310 g/mol. The Kier molecular flexibility index (Phi) is 5.16. The van der Waals surface area contributed by atoms with E-state index in [1.54, 1.807) is 26.8 Å². The molecule has 0 aliphatic heterocycles. The van der Waals surface area contributed by atoms with Crippen molar-refractivity contribution in [3.63, 3.8) is 0 Å². The Morgan fingerprint density at radius 1 is 1.32 bits per heavy atom. The summed E-state index contributed by atoms with van der Waals surface area (Å²) in [6, 6.07) is 4.93. The quantitative estimate of drug-likeness (QED) is 0.324. The maximum absolute atomic E-state index is 12.0. The third-order valence-electron chi connectivity index (χ3n) is 2.57. The first-order valence-corrected chi connectivity index (χ1v) is 7.59. The van der Waals surface area contributed by atoms with Crippen molar-refractivity contribution < 1.29 is 23.6 Å². The molecule has 1 aromatic carbocycles. The van der Waals surface area contributed by atoms with Crippen LogP contribution in [0.3, 0.4) is 0 Å². The molecule has 22 heavy (non-hydrogen) atoms. The molecule has 0 radical (unpaired) electrons. The van der Waals surface area contributed by atoms with Crippen LogP contribution < -0.4 is 5.43 Å². The molecule has 120 valence electrons. The van der Waals surface area contributed by atoms with E-state index in [0.717, 1.165) is 18.2 Å². The highest BCUT2D eigenvalue weighted by molar-refractivity contribution is 8.19. The maximum atomic E-state index is 12.0. The molecule has 0 bridgehead atoms. The van der Waals surface area contributed by atoms with E-state index in [9.17, 15) is 9.90 Å². The minimum atomic E-state index is -3.96. The number of phenols is 1. The number of carbonyl (C=O) groups excluding carboxylic acids is 1. The Morgan fingerprint density at radius 3 is 2.36 bits per heavy atom. The van der Waals surface area contributed by atoms with Crippen LogP contribution in [0, 0.1) is 16.7 Å². The lowest BCUT2D eigenvalue weighted by Crippen LogP contribution is -2.28. The summed E-state index contributed by atoms with van der Waals surface area (Å²) in [6.07, 6.45) is 0. The van der Waals surface area contributed by atoms with Gasteiger partial charge in [-0.1, -0.05) is 20.8 Å². The van der Waals surface area contributed by atoms with Gasteiger partial charge in [0.1, 0.15) is 22.7 Å². The van der Waals surface area contributed by atoms with Crippen LogP contribution in [0.25, 0.3) is 0 Å². The summed E-state index contributed by atoms with van der Waals surface area (Å²) in [7, 11) is -3.96. The predicted molar refractivity (Wildman–Crippen MR) is 83.0 cm³/mol. The number of Topliss-reactive ketones (excluding diaryl/α,β-unsaturated/α-hetero) is 1. The molecule has 1 aromatic rings. The van der Waals surface area contributed by atoms with Crippen LogP contribution in [-0.4, -0.2) is 30.3 Å². The zero-order chi connectivity index (χ0) is 17.1. The largest absolute Gasteiger partial charge is 0.506 e. The molecule has 0 aliphatic carbocycles. The van der Waals surface area contributed by atoms with E-state index in [0.29, 0.717) is 0 Å². The highest BCUT2D eigenvalue weighted by atomic mass is 32.3. The Balaban J connectivity index is 3.12. The van der Waals surface area contributed by atoms with Crippen molar-refractivity contribution in [2.24, 2.45) is 10.5 Å². The highest BCUT2D eigenvalue weighted by Crippen LogP contribution is 2.45. The van der Waals surface area contributed by atoms with Gasteiger partial charge in [-0.15, -0.1) is 0 Å². The topological polar surface area (TPSA) is 146 Å². The molecular formula is C13H17N3O5S. The number of nitrogens with zero attached hydrogens (tertiary/aromatic N) is 2. The summed E-state index contributed by atoms with van der Waals surface area (Å²) in [5.41, 5.74) is 1.01. The summed E-state index contributed by atoms with van der Waals surface area (Å²) < 4.78 is 27.5. The monoisotopic (exact) mass is 327 g/mol. The first kappa shape index (κ1) is 17.9. The van der Waals surface area contributed by atoms with Crippen LogP contribution in [0.15, 0.2) is 28.2 Å². The summed E-state index contributed by atoms with van der Waals surface area (Å²) in [4.78, 5) is 11.7. The number of nitrogens with one attached hydrogen (secondary N) is 1. The van der Waals surface area contributed by atoms with Gasteiger partial charge in [-0.3, -0.25) is 10.2 Å². The smallest absolute Gasteiger partial charge is 0.204 e. The molecule has 5 N–H and O–H groups in total. The third kappa shape index (κ3) is 4.44. The fourth-order valence-corrected chi connectivity index (χ4v) is 1.90. The number of nitriles is 1. The predicted octanol–water partition coefficient (Wildman–Crippen LogP) is 2.88. The van der Waals surface area contributed by atoms with Crippen molar-refractivity contribution in [2.75, 3.05) is 5.43 Å². The van der Waals surface area contributed by atoms with Crippen molar-refractivity contribution in [1.29, 1.82) is 5.26 Å². The zero-order valence-corrected chi connectivity index (χ0v) is 13.0. The van der Waals surface area contributed by atoms with E-state index in [1.807, 2.05) is 0 Å². The van der Waals surface area contributed by atoms with Crippen molar-refractivity contribution in [2.45, 2.75) is 25.7 Å².